The van der Waals surface area contributed by atoms with Crippen LogP contribution >= 0.6 is 0 Å². The highest BCUT2D eigenvalue weighted by Crippen LogP contribution is 2.43. The van der Waals surface area contributed by atoms with Gasteiger partial charge in [-0.15, -0.1) is 0 Å². The first-order valence-electron chi connectivity index (χ1n) is 7.59. The van der Waals surface area contributed by atoms with E-state index in [1.165, 1.54) is 62.5 Å². The van der Waals surface area contributed by atoms with Crippen LogP contribution in [-0.4, -0.2) is 5.11 Å². The van der Waals surface area contributed by atoms with E-state index >= 15 is 0 Å². The van der Waals surface area contributed by atoms with E-state index in [9.17, 15) is 5.11 Å². The minimum absolute atomic E-state index is 0.573. The molecular weight excluding hydrogens is 220 g/mol. The first-order valence-corrected chi connectivity index (χ1v) is 7.59. The number of phenolic OH excluding ortho intramolecular Hbond substituents is 1. The Morgan fingerprint density at radius 2 is 1.44 bits per heavy atom. The fourth-order valence-corrected chi connectivity index (χ4v) is 3.88. The van der Waals surface area contributed by atoms with Crippen LogP contribution in [-0.2, 0) is 0 Å². The second-order valence-electron chi connectivity index (χ2n) is 6.24. The van der Waals surface area contributed by atoms with E-state index in [2.05, 4.69) is 19.1 Å². The van der Waals surface area contributed by atoms with Crippen LogP contribution in [0.15, 0.2) is 12.1 Å². The van der Waals surface area contributed by atoms with Gasteiger partial charge in [0.25, 0.3) is 0 Å². The van der Waals surface area contributed by atoms with Gasteiger partial charge in [-0.2, -0.15) is 0 Å². The van der Waals surface area contributed by atoms with E-state index < -0.39 is 0 Å². The summed E-state index contributed by atoms with van der Waals surface area (Å²) in [6, 6.07) is 4.55. The molecule has 2 aliphatic carbocycles. The molecule has 0 saturated heterocycles. The standard InChI is InChI=1S/C17H24O/c1-12-10-15(13-6-2-3-7-13)11-16(17(12)18)14-8-4-5-9-14/h10-11,13-14,18H,2-9H2,1H3. The van der Waals surface area contributed by atoms with Crippen LogP contribution < -0.4 is 0 Å². The van der Waals surface area contributed by atoms with Crippen LogP contribution in [0.25, 0.3) is 0 Å². The van der Waals surface area contributed by atoms with E-state index in [1.54, 1.807) is 0 Å². The second-order valence-corrected chi connectivity index (χ2v) is 6.24. The molecule has 1 nitrogen and oxygen atoms in total. The van der Waals surface area contributed by atoms with Gasteiger partial charge in [0.05, 0.1) is 0 Å². The monoisotopic (exact) mass is 244 g/mol. The second kappa shape index (κ2) is 4.95. The summed E-state index contributed by atoms with van der Waals surface area (Å²) in [6.45, 7) is 2.06. The van der Waals surface area contributed by atoms with Crippen LogP contribution in [0.3, 0.4) is 0 Å². The van der Waals surface area contributed by atoms with Crippen molar-refractivity contribution < 1.29 is 5.11 Å². The number of aromatic hydroxyl groups is 1. The molecule has 0 aliphatic heterocycles. The van der Waals surface area contributed by atoms with Crippen molar-refractivity contribution in [2.24, 2.45) is 0 Å². The van der Waals surface area contributed by atoms with E-state index in [-0.39, 0.29) is 0 Å². The van der Waals surface area contributed by atoms with E-state index in [4.69, 9.17) is 0 Å². The number of hydrogen-bond donors (Lipinski definition) is 1. The van der Waals surface area contributed by atoms with E-state index in [0.717, 1.165) is 11.5 Å². The Hall–Kier alpha value is -0.980. The van der Waals surface area contributed by atoms with Gasteiger partial charge in [0, 0.05) is 0 Å². The Bertz CT molecular complexity index is 423. The Morgan fingerprint density at radius 1 is 0.889 bits per heavy atom. The average Bonchev–Trinajstić information content (AvgIpc) is 3.03. The van der Waals surface area contributed by atoms with Crippen molar-refractivity contribution in [3.63, 3.8) is 0 Å². The lowest BCUT2D eigenvalue weighted by Crippen LogP contribution is -2.00. The van der Waals surface area contributed by atoms with Gasteiger partial charge in [0.2, 0.25) is 0 Å². The maximum atomic E-state index is 10.3. The highest BCUT2D eigenvalue weighted by molar-refractivity contribution is 5.46. The van der Waals surface area contributed by atoms with Gasteiger partial charge in [-0.25, -0.2) is 0 Å². The van der Waals surface area contributed by atoms with Crippen LogP contribution in [0.5, 0.6) is 5.75 Å². The first-order chi connectivity index (χ1) is 8.75. The lowest BCUT2D eigenvalue weighted by atomic mass is 9.88. The molecule has 0 bridgehead atoms. The lowest BCUT2D eigenvalue weighted by Gasteiger charge is -2.18. The predicted octanol–water partition coefficient (Wildman–Crippen LogP) is 5.02. The smallest absolute Gasteiger partial charge is 0.121 e. The number of rotatable bonds is 2. The molecule has 1 heteroatoms. The molecule has 0 spiro atoms. The quantitative estimate of drug-likeness (QED) is 0.774. The van der Waals surface area contributed by atoms with Crippen molar-refractivity contribution in [3.8, 4) is 5.75 Å². The molecule has 0 aromatic heterocycles. The van der Waals surface area contributed by atoms with Crippen LogP contribution in [0.1, 0.15) is 79.9 Å². The number of aryl methyl sites for hydroxylation is 1. The van der Waals surface area contributed by atoms with Gasteiger partial charge in [0.1, 0.15) is 5.75 Å². The minimum Gasteiger partial charge on any atom is -0.507 e. The lowest BCUT2D eigenvalue weighted by molar-refractivity contribution is 0.456. The third-order valence-corrected chi connectivity index (χ3v) is 4.97. The van der Waals surface area contributed by atoms with Crippen molar-refractivity contribution in [1.82, 2.24) is 0 Å². The van der Waals surface area contributed by atoms with Gasteiger partial charge in [-0.05, 0) is 61.1 Å². The molecule has 0 amide bonds. The first kappa shape index (κ1) is 12.1. The molecule has 0 heterocycles. The third-order valence-electron chi connectivity index (χ3n) is 4.97. The fourth-order valence-electron chi connectivity index (χ4n) is 3.88. The van der Waals surface area contributed by atoms with Crippen LogP contribution in [0.4, 0.5) is 0 Å². The third kappa shape index (κ3) is 2.15. The van der Waals surface area contributed by atoms with E-state index in [1.807, 2.05) is 0 Å². The highest BCUT2D eigenvalue weighted by Gasteiger charge is 2.24. The Morgan fingerprint density at radius 3 is 2.06 bits per heavy atom. The average molecular weight is 244 g/mol. The van der Waals surface area contributed by atoms with Crippen molar-refractivity contribution in [2.75, 3.05) is 0 Å². The molecule has 98 valence electrons. The van der Waals surface area contributed by atoms with Gasteiger partial charge in [-0.3, -0.25) is 0 Å². The zero-order valence-corrected chi connectivity index (χ0v) is 11.4. The molecule has 0 unspecified atom stereocenters. The SMILES string of the molecule is Cc1cc(C2CCCC2)cc(C2CCCC2)c1O. The summed E-state index contributed by atoms with van der Waals surface area (Å²) in [5, 5.41) is 10.3. The maximum Gasteiger partial charge on any atom is 0.121 e. The molecule has 1 aromatic rings. The fraction of sp³-hybridized carbons (Fsp3) is 0.647. The summed E-state index contributed by atoms with van der Waals surface area (Å²) in [4.78, 5) is 0. The van der Waals surface area contributed by atoms with Gasteiger partial charge in [-0.1, -0.05) is 37.8 Å². The van der Waals surface area contributed by atoms with Crippen LogP contribution in [0, 0.1) is 6.92 Å². The summed E-state index contributed by atoms with van der Waals surface area (Å²) >= 11 is 0. The Kier molecular flexibility index (Phi) is 3.32. The van der Waals surface area contributed by atoms with Crippen molar-refractivity contribution in [3.05, 3.63) is 28.8 Å². The Labute approximate surface area is 110 Å². The molecule has 18 heavy (non-hydrogen) atoms. The molecule has 0 atom stereocenters. The van der Waals surface area contributed by atoms with E-state index in [0.29, 0.717) is 11.7 Å². The number of hydrogen-bond acceptors (Lipinski definition) is 1. The zero-order chi connectivity index (χ0) is 12.5. The van der Waals surface area contributed by atoms with Gasteiger partial charge < -0.3 is 5.11 Å². The normalized spacial score (nSPS) is 21.8. The molecular formula is C17H24O. The minimum atomic E-state index is 0.573. The summed E-state index contributed by atoms with van der Waals surface area (Å²) in [7, 11) is 0. The van der Waals surface area contributed by atoms with Crippen molar-refractivity contribution in [2.45, 2.75) is 70.1 Å². The molecule has 2 fully saturated rings. The zero-order valence-electron chi connectivity index (χ0n) is 11.4. The molecule has 2 aliphatic rings. The molecule has 1 N–H and O–H groups in total. The molecule has 0 radical (unpaired) electrons. The predicted molar refractivity (Wildman–Crippen MR) is 75.3 cm³/mol. The summed E-state index contributed by atoms with van der Waals surface area (Å²) in [6.07, 6.45) is 10.6. The molecule has 3 rings (SSSR count). The summed E-state index contributed by atoms with van der Waals surface area (Å²) in [5.41, 5.74) is 3.82. The summed E-state index contributed by atoms with van der Waals surface area (Å²) in [5.74, 6) is 1.94. The van der Waals surface area contributed by atoms with Crippen LogP contribution in [0.2, 0.25) is 0 Å². The Balaban J connectivity index is 1.95. The highest BCUT2D eigenvalue weighted by atomic mass is 16.3. The van der Waals surface area contributed by atoms with Gasteiger partial charge in [0.15, 0.2) is 0 Å². The summed E-state index contributed by atoms with van der Waals surface area (Å²) < 4.78 is 0. The van der Waals surface area contributed by atoms with Crippen molar-refractivity contribution >= 4 is 0 Å². The van der Waals surface area contributed by atoms with Gasteiger partial charge >= 0.3 is 0 Å². The number of benzene rings is 1. The molecule has 2 saturated carbocycles. The molecule has 1 aromatic carbocycles. The maximum absolute atomic E-state index is 10.3. The van der Waals surface area contributed by atoms with Crippen molar-refractivity contribution in [1.29, 1.82) is 0 Å². The topological polar surface area (TPSA) is 20.2 Å². The largest absolute Gasteiger partial charge is 0.507 e. The number of phenols is 1.